The molecule has 1 rings (SSSR count). The summed E-state index contributed by atoms with van der Waals surface area (Å²) in [5, 5.41) is 0. The Labute approximate surface area is 71.4 Å². The molecule has 0 unspecified atom stereocenters. The van der Waals surface area contributed by atoms with Crippen LogP contribution in [0.3, 0.4) is 0 Å². The molecule has 1 fully saturated rings. The molecule has 11 heavy (non-hydrogen) atoms. The quantitative estimate of drug-likeness (QED) is 0.504. The second-order valence-electron chi connectivity index (χ2n) is 3.77. The maximum absolute atomic E-state index is 2.28. The fourth-order valence-electron chi connectivity index (χ4n) is 1.66. The molecule has 1 aliphatic rings. The van der Waals surface area contributed by atoms with E-state index in [-0.39, 0.29) is 0 Å². The lowest BCUT2D eigenvalue weighted by Crippen LogP contribution is -2.07. The summed E-state index contributed by atoms with van der Waals surface area (Å²) in [5.74, 6) is 1.85. The first-order chi connectivity index (χ1) is 5.43. The van der Waals surface area contributed by atoms with Crippen LogP contribution in [0.2, 0.25) is 0 Å². The summed E-state index contributed by atoms with van der Waals surface area (Å²) in [6.45, 7) is 2.28. The average molecular weight is 153 g/mol. The van der Waals surface area contributed by atoms with Crippen molar-refractivity contribution in [3.63, 3.8) is 0 Å². The summed E-state index contributed by atoms with van der Waals surface area (Å²) in [4.78, 5) is 0. The zero-order valence-corrected chi connectivity index (χ0v) is 7.86. The van der Waals surface area contributed by atoms with Crippen molar-refractivity contribution in [2.75, 3.05) is 0 Å². The van der Waals surface area contributed by atoms with E-state index < -0.39 is 0 Å². The predicted molar refractivity (Wildman–Crippen MR) is 50.5 cm³/mol. The fourth-order valence-corrected chi connectivity index (χ4v) is 1.66. The van der Waals surface area contributed by atoms with E-state index in [0.717, 1.165) is 0 Å². The molecule has 1 saturated carbocycles. The smallest absolute Gasteiger partial charge is 0.0241 e. The van der Waals surface area contributed by atoms with Gasteiger partial charge >= 0.3 is 0 Å². The third-order valence-corrected chi connectivity index (χ3v) is 2.69. The average Bonchev–Trinajstić information content (AvgIpc) is 1.93. The van der Waals surface area contributed by atoms with Crippen LogP contribution in [0.25, 0.3) is 0 Å². The van der Waals surface area contributed by atoms with E-state index in [4.69, 9.17) is 0 Å². The second kappa shape index (κ2) is 5.62. The van der Waals surface area contributed by atoms with Crippen LogP contribution in [0.15, 0.2) is 0 Å². The number of unbranched alkanes of at least 4 members (excludes halogenated alkanes) is 4. The molecule has 0 amide bonds. The van der Waals surface area contributed by atoms with Crippen LogP contribution in [0, 0.1) is 5.92 Å². The molecular formula is C11H21. The largest absolute Gasteiger partial charge is 0.0654 e. The van der Waals surface area contributed by atoms with Crippen molar-refractivity contribution in [1.82, 2.24) is 0 Å². The maximum atomic E-state index is 2.28. The lowest BCUT2D eigenvalue weighted by Gasteiger charge is -2.24. The molecular weight excluding hydrogens is 132 g/mol. The monoisotopic (exact) mass is 153 g/mol. The van der Waals surface area contributed by atoms with Gasteiger partial charge in [0.15, 0.2) is 0 Å². The van der Waals surface area contributed by atoms with E-state index in [1.807, 2.05) is 5.92 Å². The van der Waals surface area contributed by atoms with Crippen molar-refractivity contribution in [2.24, 2.45) is 0 Å². The van der Waals surface area contributed by atoms with Gasteiger partial charge in [-0.2, -0.15) is 0 Å². The fraction of sp³-hybridized carbons (Fsp3) is 0.909. The minimum atomic E-state index is 1.37. The van der Waals surface area contributed by atoms with Crippen molar-refractivity contribution in [3.05, 3.63) is 5.92 Å². The highest BCUT2D eigenvalue weighted by Gasteiger charge is 2.16. The van der Waals surface area contributed by atoms with Crippen LogP contribution in [-0.2, 0) is 0 Å². The third-order valence-electron chi connectivity index (χ3n) is 2.69. The number of rotatable bonds is 6. The molecule has 1 radical (unpaired) electrons. The Bertz CT molecular complexity index is 82.0. The topological polar surface area (TPSA) is 0 Å². The third kappa shape index (κ3) is 3.79. The molecule has 65 valence electrons. The molecule has 0 aromatic carbocycles. The van der Waals surface area contributed by atoms with Crippen molar-refractivity contribution < 1.29 is 0 Å². The van der Waals surface area contributed by atoms with Crippen LogP contribution in [0.5, 0.6) is 0 Å². The van der Waals surface area contributed by atoms with Gasteiger partial charge in [-0.25, -0.2) is 0 Å². The molecule has 0 heterocycles. The van der Waals surface area contributed by atoms with Crippen molar-refractivity contribution >= 4 is 0 Å². The van der Waals surface area contributed by atoms with Gasteiger partial charge in [0.05, 0.1) is 0 Å². The first-order valence-electron chi connectivity index (χ1n) is 5.27. The Morgan fingerprint density at radius 2 is 1.73 bits per heavy atom. The molecule has 0 saturated heterocycles. The summed E-state index contributed by atoms with van der Waals surface area (Å²) < 4.78 is 0. The standard InChI is InChI=1S/C11H21/c1-2-3-4-5-6-8-11-9-7-10-11/h2-10H2,1H3. The first kappa shape index (κ1) is 9.09. The van der Waals surface area contributed by atoms with Gasteiger partial charge in [-0.05, 0) is 25.2 Å². The summed E-state index contributed by atoms with van der Waals surface area (Å²) in [7, 11) is 0. The second-order valence-corrected chi connectivity index (χ2v) is 3.77. The highest BCUT2D eigenvalue weighted by Crippen LogP contribution is 2.33. The Morgan fingerprint density at radius 1 is 1.00 bits per heavy atom. The first-order valence-corrected chi connectivity index (χ1v) is 5.27. The van der Waals surface area contributed by atoms with Gasteiger partial charge in [0.2, 0.25) is 0 Å². The Morgan fingerprint density at radius 3 is 2.27 bits per heavy atom. The van der Waals surface area contributed by atoms with Gasteiger partial charge in [0.25, 0.3) is 0 Å². The zero-order chi connectivity index (χ0) is 7.94. The van der Waals surface area contributed by atoms with Crippen LogP contribution < -0.4 is 0 Å². The van der Waals surface area contributed by atoms with Crippen molar-refractivity contribution in [1.29, 1.82) is 0 Å². The van der Waals surface area contributed by atoms with Crippen molar-refractivity contribution in [2.45, 2.75) is 64.7 Å². The molecule has 0 heteroatoms. The highest BCUT2D eigenvalue weighted by molar-refractivity contribution is 4.97. The molecule has 0 N–H and O–H groups in total. The maximum Gasteiger partial charge on any atom is -0.0241 e. The molecule has 0 aliphatic heterocycles. The molecule has 0 spiro atoms. The summed E-state index contributed by atoms with van der Waals surface area (Å²) in [6, 6.07) is 0. The van der Waals surface area contributed by atoms with Crippen LogP contribution in [-0.4, -0.2) is 0 Å². The summed E-state index contributed by atoms with van der Waals surface area (Å²) >= 11 is 0. The molecule has 0 aromatic heterocycles. The Hall–Kier alpha value is 0. The normalized spacial score (nSPS) is 18.3. The molecule has 0 aromatic rings. The Balaban J connectivity index is 1.73. The van der Waals surface area contributed by atoms with E-state index in [0.29, 0.717) is 0 Å². The van der Waals surface area contributed by atoms with E-state index in [2.05, 4.69) is 6.92 Å². The SMILES string of the molecule is CCCCCCC[C]1CCC1. The minimum Gasteiger partial charge on any atom is -0.0654 e. The van der Waals surface area contributed by atoms with Gasteiger partial charge < -0.3 is 0 Å². The minimum absolute atomic E-state index is 1.37. The van der Waals surface area contributed by atoms with E-state index in [9.17, 15) is 0 Å². The lowest BCUT2D eigenvalue weighted by atomic mass is 9.82. The summed E-state index contributed by atoms with van der Waals surface area (Å²) in [6.07, 6.45) is 13.0. The summed E-state index contributed by atoms with van der Waals surface area (Å²) in [5.41, 5.74) is 0. The lowest BCUT2D eigenvalue weighted by molar-refractivity contribution is 0.481. The van der Waals surface area contributed by atoms with Gasteiger partial charge in [-0.3, -0.25) is 0 Å². The van der Waals surface area contributed by atoms with Gasteiger partial charge in [0.1, 0.15) is 0 Å². The van der Waals surface area contributed by atoms with E-state index >= 15 is 0 Å². The zero-order valence-electron chi connectivity index (χ0n) is 7.86. The van der Waals surface area contributed by atoms with Gasteiger partial charge in [0, 0.05) is 0 Å². The van der Waals surface area contributed by atoms with Crippen LogP contribution in [0.1, 0.15) is 64.7 Å². The molecule has 1 aliphatic carbocycles. The highest BCUT2D eigenvalue weighted by atomic mass is 14.2. The van der Waals surface area contributed by atoms with E-state index in [1.165, 1.54) is 57.8 Å². The number of hydrogen-bond acceptors (Lipinski definition) is 0. The predicted octanol–water partition coefficient (Wildman–Crippen LogP) is 4.11. The van der Waals surface area contributed by atoms with Crippen LogP contribution >= 0.6 is 0 Å². The Kier molecular flexibility index (Phi) is 4.65. The molecule has 0 bridgehead atoms. The van der Waals surface area contributed by atoms with Gasteiger partial charge in [-0.1, -0.05) is 45.4 Å². The van der Waals surface area contributed by atoms with E-state index in [1.54, 1.807) is 0 Å². The molecule has 0 nitrogen and oxygen atoms in total. The van der Waals surface area contributed by atoms with Gasteiger partial charge in [-0.15, -0.1) is 0 Å². The van der Waals surface area contributed by atoms with Crippen LogP contribution in [0.4, 0.5) is 0 Å². The number of hydrogen-bond donors (Lipinski definition) is 0. The van der Waals surface area contributed by atoms with Crippen molar-refractivity contribution in [3.8, 4) is 0 Å². The molecule has 0 atom stereocenters.